The fraction of sp³-hybridized carbons (Fsp3) is 0.632. The Bertz CT molecular complexity index is 553. The van der Waals surface area contributed by atoms with E-state index in [0.717, 1.165) is 44.0 Å². The molecule has 0 atom stereocenters. The van der Waals surface area contributed by atoms with Crippen molar-refractivity contribution < 1.29 is 18.3 Å². The quantitative estimate of drug-likeness (QED) is 0.781. The van der Waals surface area contributed by atoms with Gasteiger partial charge in [0.25, 0.3) is 0 Å². The van der Waals surface area contributed by atoms with Crippen molar-refractivity contribution in [3.05, 3.63) is 29.8 Å². The molecule has 1 aliphatic carbocycles. The number of piperidine rings is 1. The Labute approximate surface area is 147 Å². The van der Waals surface area contributed by atoms with Gasteiger partial charge in [-0.05, 0) is 62.3 Å². The van der Waals surface area contributed by atoms with Gasteiger partial charge in [0.15, 0.2) is 0 Å². The molecule has 0 unspecified atom stereocenters. The molecule has 0 aromatic heterocycles. The van der Waals surface area contributed by atoms with E-state index in [9.17, 15) is 13.6 Å². The topological polar surface area (TPSA) is 41.6 Å². The summed E-state index contributed by atoms with van der Waals surface area (Å²) in [6.07, 6.45) is 5.85. The number of likely N-dealkylation sites (tertiary alicyclic amines) is 1. The van der Waals surface area contributed by atoms with E-state index < -0.39 is 6.61 Å². The fourth-order valence-electron chi connectivity index (χ4n) is 3.24. The summed E-state index contributed by atoms with van der Waals surface area (Å²) >= 11 is 0. The lowest BCUT2D eigenvalue weighted by molar-refractivity contribution is -0.132. The molecule has 1 N–H and O–H groups in total. The number of nitrogens with zero attached hydrogens (tertiary/aromatic N) is 1. The van der Waals surface area contributed by atoms with Gasteiger partial charge in [0.1, 0.15) is 5.75 Å². The van der Waals surface area contributed by atoms with Gasteiger partial charge in [-0.25, -0.2) is 0 Å². The number of ether oxygens (including phenoxy) is 1. The highest BCUT2D eigenvalue weighted by Crippen LogP contribution is 2.28. The molecule has 6 heteroatoms. The van der Waals surface area contributed by atoms with Gasteiger partial charge in [0.2, 0.25) is 5.91 Å². The van der Waals surface area contributed by atoms with E-state index in [1.54, 1.807) is 12.1 Å². The van der Waals surface area contributed by atoms with Gasteiger partial charge in [-0.15, -0.1) is 0 Å². The van der Waals surface area contributed by atoms with Crippen LogP contribution in [-0.2, 0) is 11.2 Å². The van der Waals surface area contributed by atoms with Gasteiger partial charge in [0, 0.05) is 25.6 Å². The molecule has 3 rings (SSSR count). The first-order chi connectivity index (χ1) is 12.1. The highest BCUT2D eigenvalue weighted by atomic mass is 19.3. The molecule has 1 saturated carbocycles. The van der Waals surface area contributed by atoms with Crippen LogP contribution in [0.2, 0.25) is 0 Å². The summed E-state index contributed by atoms with van der Waals surface area (Å²) in [5, 5.41) is 3.62. The summed E-state index contributed by atoms with van der Waals surface area (Å²) in [6, 6.07) is 7.05. The third-order valence-electron chi connectivity index (χ3n) is 5.02. The van der Waals surface area contributed by atoms with E-state index in [0.29, 0.717) is 18.9 Å². The lowest BCUT2D eigenvalue weighted by Crippen LogP contribution is -2.45. The van der Waals surface area contributed by atoms with Crippen molar-refractivity contribution in [3.8, 4) is 5.75 Å². The van der Waals surface area contributed by atoms with Crippen LogP contribution < -0.4 is 10.1 Å². The number of hydrogen-bond acceptors (Lipinski definition) is 3. The van der Waals surface area contributed by atoms with Gasteiger partial charge in [-0.3, -0.25) is 4.79 Å². The highest BCUT2D eigenvalue weighted by molar-refractivity contribution is 5.76. The van der Waals surface area contributed by atoms with Crippen LogP contribution in [0.15, 0.2) is 24.3 Å². The maximum Gasteiger partial charge on any atom is 0.387 e. The number of carbonyl (C=O) groups is 1. The second-order valence-corrected chi connectivity index (χ2v) is 7.03. The van der Waals surface area contributed by atoms with E-state index in [4.69, 9.17) is 0 Å². The smallest absolute Gasteiger partial charge is 0.387 e. The molecule has 1 amide bonds. The van der Waals surface area contributed by atoms with Crippen LogP contribution in [0.5, 0.6) is 5.75 Å². The molecule has 0 radical (unpaired) electrons. The third kappa shape index (κ3) is 5.96. The monoisotopic (exact) mass is 352 g/mol. The van der Waals surface area contributed by atoms with Gasteiger partial charge in [-0.2, -0.15) is 8.78 Å². The lowest BCUT2D eigenvalue weighted by atomic mass is 10.0. The molecule has 2 aliphatic rings. The van der Waals surface area contributed by atoms with E-state index in [1.165, 1.54) is 25.0 Å². The number of alkyl halides is 2. The van der Waals surface area contributed by atoms with Gasteiger partial charge < -0.3 is 15.0 Å². The molecule has 138 valence electrons. The van der Waals surface area contributed by atoms with Crippen LogP contribution >= 0.6 is 0 Å². The first-order valence-corrected chi connectivity index (χ1v) is 9.15. The molecule has 1 heterocycles. The average Bonchev–Trinajstić information content (AvgIpc) is 3.43. The number of rotatable bonds is 8. The van der Waals surface area contributed by atoms with Crippen LogP contribution in [0.3, 0.4) is 0 Å². The Kier molecular flexibility index (Phi) is 6.24. The third-order valence-corrected chi connectivity index (χ3v) is 5.02. The van der Waals surface area contributed by atoms with Crippen LogP contribution in [0.4, 0.5) is 8.78 Å². The second kappa shape index (κ2) is 8.61. The lowest BCUT2D eigenvalue weighted by Gasteiger charge is -2.32. The summed E-state index contributed by atoms with van der Waals surface area (Å²) in [5.41, 5.74) is 0.955. The molecule has 0 spiro atoms. The minimum atomic E-state index is -2.81. The molecule has 1 aromatic rings. The summed E-state index contributed by atoms with van der Waals surface area (Å²) in [7, 11) is 0. The fourth-order valence-corrected chi connectivity index (χ4v) is 3.24. The molecule has 1 saturated heterocycles. The van der Waals surface area contributed by atoms with E-state index >= 15 is 0 Å². The van der Waals surface area contributed by atoms with Crippen molar-refractivity contribution in [3.63, 3.8) is 0 Å². The van der Waals surface area contributed by atoms with E-state index in [1.807, 2.05) is 4.90 Å². The second-order valence-electron chi connectivity index (χ2n) is 7.03. The number of benzene rings is 1. The van der Waals surface area contributed by atoms with E-state index in [2.05, 4.69) is 10.1 Å². The average molecular weight is 352 g/mol. The Morgan fingerprint density at radius 3 is 2.44 bits per heavy atom. The van der Waals surface area contributed by atoms with Crippen LogP contribution in [0, 0.1) is 5.92 Å². The Balaban J connectivity index is 1.36. The number of halogens is 2. The maximum absolute atomic E-state index is 12.3. The standard InChI is InChI=1S/C19H26F2N2O2/c20-19(21)25-17-6-3-14(4-7-17)5-8-18(24)23-11-9-16(10-12-23)22-13-15-1-2-15/h3-4,6-7,15-16,19,22H,1-2,5,8-13H2. The minimum Gasteiger partial charge on any atom is -0.435 e. The van der Waals surface area contributed by atoms with Gasteiger partial charge in [0.05, 0.1) is 0 Å². The summed E-state index contributed by atoms with van der Waals surface area (Å²) in [4.78, 5) is 14.3. The van der Waals surface area contributed by atoms with Crippen LogP contribution in [-0.4, -0.2) is 43.1 Å². The SMILES string of the molecule is O=C(CCc1ccc(OC(F)F)cc1)N1CCC(NCC2CC2)CC1. The Morgan fingerprint density at radius 1 is 1.16 bits per heavy atom. The first-order valence-electron chi connectivity index (χ1n) is 9.15. The molecule has 4 nitrogen and oxygen atoms in total. The first kappa shape index (κ1) is 18.1. The maximum atomic E-state index is 12.3. The highest BCUT2D eigenvalue weighted by Gasteiger charge is 2.25. The zero-order valence-corrected chi connectivity index (χ0v) is 14.4. The molecule has 0 bridgehead atoms. The van der Waals surface area contributed by atoms with Gasteiger partial charge in [-0.1, -0.05) is 12.1 Å². The van der Waals surface area contributed by atoms with Crippen molar-refractivity contribution >= 4 is 5.91 Å². The van der Waals surface area contributed by atoms with Crippen LogP contribution in [0.1, 0.15) is 37.7 Å². The summed E-state index contributed by atoms with van der Waals surface area (Å²) in [5.74, 6) is 1.21. The molecule has 2 fully saturated rings. The summed E-state index contributed by atoms with van der Waals surface area (Å²) in [6.45, 7) is -0.0386. The normalized spacial score (nSPS) is 18.6. The predicted molar refractivity (Wildman–Crippen MR) is 91.7 cm³/mol. The summed E-state index contributed by atoms with van der Waals surface area (Å²) < 4.78 is 28.6. The van der Waals surface area contributed by atoms with Crippen molar-refractivity contribution in [2.75, 3.05) is 19.6 Å². The Morgan fingerprint density at radius 2 is 1.84 bits per heavy atom. The van der Waals surface area contributed by atoms with Crippen molar-refractivity contribution in [1.82, 2.24) is 10.2 Å². The number of carbonyl (C=O) groups excluding carboxylic acids is 1. The number of aryl methyl sites for hydroxylation is 1. The Hall–Kier alpha value is -1.69. The number of amides is 1. The molecule has 1 aliphatic heterocycles. The minimum absolute atomic E-state index is 0.144. The van der Waals surface area contributed by atoms with Crippen molar-refractivity contribution in [2.24, 2.45) is 5.92 Å². The number of hydrogen-bond donors (Lipinski definition) is 1. The molecule has 25 heavy (non-hydrogen) atoms. The molecule has 1 aromatic carbocycles. The zero-order chi connectivity index (χ0) is 17.6. The molecular weight excluding hydrogens is 326 g/mol. The largest absolute Gasteiger partial charge is 0.435 e. The van der Waals surface area contributed by atoms with E-state index in [-0.39, 0.29) is 11.7 Å². The van der Waals surface area contributed by atoms with Gasteiger partial charge >= 0.3 is 6.61 Å². The van der Waals surface area contributed by atoms with Crippen molar-refractivity contribution in [2.45, 2.75) is 51.2 Å². The zero-order valence-electron chi connectivity index (χ0n) is 14.4. The number of nitrogens with one attached hydrogen (secondary N) is 1. The molecular formula is C19H26F2N2O2. The van der Waals surface area contributed by atoms with Crippen LogP contribution in [0.25, 0.3) is 0 Å². The predicted octanol–water partition coefficient (Wildman–Crippen LogP) is 3.21. The van der Waals surface area contributed by atoms with Crippen molar-refractivity contribution in [1.29, 1.82) is 0 Å².